The van der Waals surface area contributed by atoms with E-state index in [0.29, 0.717) is 5.56 Å². The third-order valence-corrected chi connectivity index (χ3v) is 4.63. The van der Waals surface area contributed by atoms with Crippen LogP contribution in [0.4, 0.5) is 0 Å². The van der Waals surface area contributed by atoms with Crippen LogP contribution in [-0.2, 0) is 12.8 Å². The zero-order chi connectivity index (χ0) is 15.8. The van der Waals surface area contributed by atoms with Gasteiger partial charge in [-0.15, -0.1) is 0 Å². The normalized spacial score (nSPS) is 14.6. The first-order valence-electron chi connectivity index (χ1n) is 8.02. The molecule has 0 saturated heterocycles. The minimum Gasteiger partial charge on any atom is -0.358 e. The molecule has 1 aliphatic heterocycles. The van der Waals surface area contributed by atoms with Gasteiger partial charge in [0.25, 0.3) is 5.91 Å². The molecule has 0 aliphatic carbocycles. The topological polar surface area (TPSA) is 49.0 Å². The van der Waals surface area contributed by atoms with Crippen molar-refractivity contribution in [2.24, 2.45) is 0 Å². The third kappa shape index (κ3) is 2.50. The van der Waals surface area contributed by atoms with Crippen LogP contribution < -0.4 is 0 Å². The number of nitrogens with zero attached hydrogens (tertiary/aromatic N) is 2. The molecule has 0 spiro atoms. The van der Waals surface area contributed by atoms with Gasteiger partial charge in [0.15, 0.2) is 0 Å². The summed E-state index contributed by atoms with van der Waals surface area (Å²) < 4.78 is 0. The average molecular weight is 305 g/mol. The Labute approximate surface area is 135 Å². The number of benzene rings is 1. The monoisotopic (exact) mass is 305 g/mol. The molecule has 1 aromatic carbocycles. The fourth-order valence-electron chi connectivity index (χ4n) is 3.40. The van der Waals surface area contributed by atoms with E-state index in [0.717, 1.165) is 25.9 Å². The number of carbonyl (C=O) groups excluding carboxylic acids is 1. The number of aryl methyl sites for hydroxylation is 1. The first-order chi connectivity index (χ1) is 11.2. The van der Waals surface area contributed by atoms with Crippen molar-refractivity contribution in [3.8, 4) is 0 Å². The van der Waals surface area contributed by atoms with Gasteiger partial charge in [0.05, 0.1) is 0 Å². The van der Waals surface area contributed by atoms with E-state index in [1.165, 1.54) is 27.7 Å². The minimum absolute atomic E-state index is 0.0954. The summed E-state index contributed by atoms with van der Waals surface area (Å²) in [5.41, 5.74) is 5.83. The molecule has 4 rings (SSSR count). The molecule has 0 radical (unpaired) electrons. The second-order valence-electron chi connectivity index (χ2n) is 6.16. The summed E-state index contributed by atoms with van der Waals surface area (Å²) in [7, 11) is 0. The smallest absolute Gasteiger partial charge is 0.253 e. The van der Waals surface area contributed by atoms with E-state index in [1.807, 2.05) is 4.90 Å². The maximum absolute atomic E-state index is 12.6. The summed E-state index contributed by atoms with van der Waals surface area (Å²) in [5.74, 6) is 0.0954. The minimum atomic E-state index is 0.0954. The first-order valence-corrected chi connectivity index (χ1v) is 8.02. The van der Waals surface area contributed by atoms with Gasteiger partial charge in [0.2, 0.25) is 0 Å². The van der Waals surface area contributed by atoms with Crippen LogP contribution in [0.2, 0.25) is 0 Å². The SMILES string of the molecule is Cc1ccc2[nH]c3c(c2c1)CCN(C(=O)c1ccncc1)CC3. The molecule has 116 valence electrons. The van der Waals surface area contributed by atoms with Crippen molar-refractivity contribution < 1.29 is 4.79 Å². The average Bonchev–Trinajstić information content (AvgIpc) is 2.78. The van der Waals surface area contributed by atoms with E-state index >= 15 is 0 Å². The summed E-state index contributed by atoms with van der Waals surface area (Å²) >= 11 is 0. The lowest BCUT2D eigenvalue weighted by atomic mass is 10.1. The zero-order valence-corrected chi connectivity index (χ0v) is 13.2. The van der Waals surface area contributed by atoms with Gasteiger partial charge in [-0.3, -0.25) is 9.78 Å². The van der Waals surface area contributed by atoms with Gasteiger partial charge >= 0.3 is 0 Å². The second-order valence-corrected chi connectivity index (χ2v) is 6.16. The van der Waals surface area contributed by atoms with Crippen molar-refractivity contribution >= 4 is 16.8 Å². The van der Waals surface area contributed by atoms with Gasteiger partial charge in [-0.25, -0.2) is 0 Å². The van der Waals surface area contributed by atoms with Crippen LogP contribution >= 0.6 is 0 Å². The largest absolute Gasteiger partial charge is 0.358 e. The standard InChI is InChI=1S/C19H19N3O/c1-13-2-3-17-16(12-13)15-6-10-22(11-7-18(15)21-17)19(23)14-4-8-20-9-5-14/h2-5,8-9,12,21H,6-7,10-11H2,1H3. The van der Waals surface area contributed by atoms with Crippen LogP contribution in [0, 0.1) is 6.92 Å². The molecule has 0 fully saturated rings. The maximum atomic E-state index is 12.6. The van der Waals surface area contributed by atoms with Crippen LogP contribution in [0.25, 0.3) is 10.9 Å². The summed E-state index contributed by atoms with van der Waals surface area (Å²) in [6.07, 6.45) is 5.11. The van der Waals surface area contributed by atoms with Gasteiger partial charge in [-0.05, 0) is 43.2 Å². The molecule has 2 aromatic heterocycles. The molecule has 1 amide bonds. The van der Waals surface area contributed by atoms with Gasteiger partial charge in [-0.1, -0.05) is 11.6 Å². The van der Waals surface area contributed by atoms with Gasteiger partial charge in [0, 0.05) is 54.1 Å². The van der Waals surface area contributed by atoms with Crippen LogP contribution in [0.5, 0.6) is 0 Å². The molecule has 1 aliphatic rings. The lowest BCUT2D eigenvalue weighted by molar-refractivity contribution is 0.0763. The summed E-state index contributed by atoms with van der Waals surface area (Å²) in [4.78, 5) is 22.1. The van der Waals surface area contributed by atoms with Crippen molar-refractivity contribution in [3.05, 3.63) is 65.1 Å². The lowest BCUT2D eigenvalue weighted by Gasteiger charge is -2.20. The number of hydrogen-bond donors (Lipinski definition) is 1. The highest BCUT2D eigenvalue weighted by atomic mass is 16.2. The fourth-order valence-corrected chi connectivity index (χ4v) is 3.40. The molecule has 4 nitrogen and oxygen atoms in total. The van der Waals surface area contributed by atoms with Gasteiger partial charge in [-0.2, -0.15) is 0 Å². The summed E-state index contributed by atoms with van der Waals surface area (Å²) in [6, 6.07) is 10.1. The number of pyridine rings is 1. The van der Waals surface area contributed by atoms with E-state index in [4.69, 9.17) is 0 Å². The van der Waals surface area contributed by atoms with E-state index < -0.39 is 0 Å². The molecule has 3 aromatic rings. The highest BCUT2D eigenvalue weighted by Crippen LogP contribution is 2.27. The Morgan fingerprint density at radius 3 is 2.74 bits per heavy atom. The number of nitrogens with one attached hydrogen (secondary N) is 1. The van der Waals surface area contributed by atoms with Crippen LogP contribution in [0.15, 0.2) is 42.7 Å². The second kappa shape index (κ2) is 5.54. The molecule has 1 N–H and O–H groups in total. The van der Waals surface area contributed by atoms with Crippen molar-refractivity contribution in [1.29, 1.82) is 0 Å². The van der Waals surface area contributed by atoms with Gasteiger partial charge in [0.1, 0.15) is 0 Å². The van der Waals surface area contributed by atoms with Gasteiger partial charge < -0.3 is 9.88 Å². The number of rotatable bonds is 1. The summed E-state index contributed by atoms with van der Waals surface area (Å²) in [5, 5.41) is 1.30. The van der Waals surface area contributed by atoms with Crippen LogP contribution in [-0.4, -0.2) is 33.9 Å². The van der Waals surface area contributed by atoms with E-state index in [-0.39, 0.29) is 5.91 Å². The molecule has 0 saturated carbocycles. The Balaban J connectivity index is 1.62. The summed E-state index contributed by atoms with van der Waals surface area (Å²) in [6.45, 7) is 3.63. The Morgan fingerprint density at radius 1 is 1.13 bits per heavy atom. The maximum Gasteiger partial charge on any atom is 0.253 e. The Hall–Kier alpha value is -2.62. The van der Waals surface area contributed by atoms with Crippen LogP contribution in [0.3, 0.4) is 0 Å². The van der Waals surface area contributed by atoms with Crippen molar-refractivity contribution in [2.75, 3.05) is 13.1 Å². The number of aromatic amines is 1. The fraction of sp³-hybridized carbons (Fsp3) is 0.263. The molecular weight excluding hydrogens is 286 g/mol. The quantitative estimate of drug-likeness (QED) is 0.751. The first kappa shape index (κ1) is 14.0. The number of aromatic nitrogens is 2. The number of carbonyl (C=O) groups is 1. The third-order valence-electron chi connectivity index (χ3n) is 4.63. The Morgan fingerprint density at radius 2 is 1.91 bits per heavy atom. The highest BCUT2D eigenvalue weighted by molar-refractivity contribution is 5.94. The van der Waals surface area contributed by atoms with Crippen LogP contribution in [0.1, 0.15) is 27.2 Å². The zero-order valence-electron chi connectivity index (χ0n) is 13.2. The van der Waals surface area contributed by atoms with E-state index in [1.54, 1.807) is 24.5 Å². The predicted molar refractivity (Wildman–Crippen MR) is 90.6 cm³/mol. The number of amides is 1. The number of hydrogen-bond acceptors (Lipinski definition) is 2. The Kier molecular flexibility index (Phi) is 3.37. The molecule has 3 heterocycles. The van der Waals surface area contributed by atoms with Crippen molar-refractivity contribution in [2.45, 2.75) is 19.8 Å². The highest BCUT2D eigenvalue weighted by Gasteiger charge is 2.22. The molecule has 4 heteroatoms. The predicted octanol–water partition coefficient (Wildman–Crippen LogP) is 3.11. The van der Waals surface area contributed by atoms with Crippen molar-refractivity contribution in [3.63, 3.8) is 0 Å². The van der Waals surface area contributed by atoms with E-state index in [9.17, 15) is 4.79 Å². The number of fused-ring (bicyclic) bond motifs is 3. The van der Waals surface area contributed by atoms with Crippen molar-refractivity contribution in [1.82, 2.24) is 14.9 Å². The molecule has 0 atom stereocenters. The molecule has 0 unspecified atom stereocenters. The molecule has 23 heavy (non-hydrogen) atoms. The molecular formula is C19H19N3O. The van der Waals surface area contributed by atoms with E-state index in [2.05, 4.69) is 35.1 Å². The molecule has 0 bridgehead atoms. The Bertz CT molecular complexity index is 867. The number of H-pyrrole nitrogens is 1. The lowest BCUT2D eigenvalue weighted by Crippen LogP contribution is -2.33.